The van der Waals surface area contributed by atoms with E-state index >= 15 is 0 Å². The topological polar surface area (TPSA) is 138 Å². The summed E-state index contributed by atoms with van der Waals surface area (Å²) < 4.78 is 48.3. The number of piperidine rings is 5. The van der Waals surface area contributed by atoms with Crippen molar-refractivity contribution in [3.8, 4) is 0 Å². The molecule has 0 aromatic carbocycles. The first-order valence-corrected chi connectivity index (χ1v) is 51.2. The van der Waals surface area contributed by atoms with E-state index in [1.165, 1.54) is 263 Å². The van der Waals surface area contributed by atoms with Gasteiger partial charge in [-0.05, 0) is 439 Å². The molecule has 9 saturated heterocycles. The molecule has 12 aliphatic rings. The summed E-state index contributed by atoms with van der Waals surface area (Å²) >= 11 is 0. The van der Waals surface area contributed by atoms with Crippen LogP contribution in [0.4, 0.5) is 30.5 Å². The average molecular weight is 1800 g/mol. The van der Waals surface area contributed by atoms with Crippen molar-refractivity contribution in [1.82, 2.24) is 73.4 Å². The van der Waals surface area contributed by atoms with Gasteiger partial charge in [0.05, 0.1) is 30.9 Å². The van der Waals surface area contributed by atoms with Gasteiger partial charge in [0, 0.05) is 195 Å². The lowest BCUT2D eigenvalue weighted by Crippen LogP contribution is -2.50. The van der Waals surface area contributed by atoms with Crippen LogP contribution in [-0.4, -0.2) is 237 Å². The van der Waals surface area contributed by atoms with E-state index in [0.29, 0.717) is 78.3 Å². The molecule has 0 unspecified atom stereocenters. The molecule has 0 N–H and O–H groups in total. The van der Waals surface area contributed by atoms with Gasteiger partial charge in [0.15, 0.2) is 0 Å². The summed E-state index contributed by atoms with van der Waals surface area (Å²) in [5.41, 5.74) is 12.0. The summed E-state index contributed by atoms with van der Waals surface area (Å²) in [7, 11) is 0. The summed E-state index contributed by atoms with van der Waals surface area (Å²) in [5, 5.41) is 0. The average Bonchev–Trinajstić information content (AvgIpc) is 1.62. The highest BCUT2D eigenvalue weighted by Crippen LogP contribution is 2.53. The lowest BCUT2D eigenvalue weighted by molar-refractivity contribution is -0.138. The molecule has 22 heteroatoms. The molecule has 0 radical (unpaired) electrons. The smallest absolute Gasteiger partial charge is 0.376 e. The molecule has 6 aromatic rings. The van der Waals surface area contributed by atoms with E-state index in [9.17, 15) is 13.2 Å². The fourth-order valence-corrected chi connectivity index (χ4v) is 24.3. The summed E-state index contributed by atoms with van der Waals surface area (Å²) in [6.07, 6.45) is 50.1. The number of aromatic nitrogens is 9. The molecule has 15 heterocycles. The van der Waals surface area contributed by atoms with E-state index in [1.54, 1.807) is 0 Å². The number of halogens is 3. The van der Waals surface area contributed by atoms with Crippen molar-refractivity contribution in [2.24, 2.45) is 32.5 Å². The summed E-state index contributed by atoms with van der Waals surface area (Å²) in [6, 6.07) is 13.9. The minimum atomic E-state index is -4.38. The molecule has 3 aliphatic carbocycles. The zero-order valence-corrected chi connectivity index (χ0v) is 85.2. The molecule has 19 nitrogen and oxygen atoms in total. The largest absolute Gasteiger partial charge is 0.419 e. The maximum atomic E-state index is 12.6. The number of alkyl halides is 3. The maximum Gasteiger partial charge on any atom is 0.419 e. The Hall–Kier alpha value is -6.14. The third kappa shape index (κ3) is 27.2. The zero-order chi connectivity index (χ0) is 93.4. The van der Waals surface area contributed by atoms with Crippen LogP contribution in [0.3, 0.4) is 0 Å². The van der Waals surface area contributed by atoms with Crippen molar-refractivity contribution in [3.05, 3.63) is 133 Å². The zero-order valence-electron chi connectivity index (χ0n) is 85.2. The first kappa shape index (κ1) is 101. The van der Waals surface area contributed by atoms with Gasteiger partial charge in [0.25, 0.3) is 0 Å². The molecule has 130 heavy (non-hydrogen) atoms. The Bertz CT molecular complexity index is 4350. The number of rotatable bonds is 9. The van der Waals surface area contributed by atoms with Crippen LogP contribution in [-0.2, 0) is 17.5 Å². The first-order chi connectivity index (χ1) is 61.2. The van der Waals surface area contributed by atoms with Crippen molar-refractivity contribution in [1.29, 1.82) is 0 Å². The Morgan fingerprint density at radius 2 is 0.738 bits per heavy atom. The number of likely N-dealkylation sites (tertiary alicyclic amines) is 6. The lowest BCUT2D eigenvalue weighted by Gasteiger charge is -2.49. The number of anilines is 3. The third-order valence-corrected chi connectivity index (χ3v) is 33.9. The van der Waals surface area contributed by atoms with E-state index in [4.69, 9.17) is 4.74 Å². The number of nitrogens with zero attached hydrogens (tertiary/aromatic N) is 18. The van der Waals surface area contributed by atoms with Crippen LogP contribution in [0.25, 0.3) is 0 Å². The van der Waals surface area contributed by atoms with Gasteiger partial charge in [-0.3, -0.25) is 44.4 Å². The van der Waals surface area contributed by atoms with Crippen LogP contribution in [0.5, 0.6) is 0 Å². The molecule has 6 aromatic heterocycles. The predicted molar refractivity (Wildman–Crippen MR) is 529 cm³/mol. The Kier molecular flexibility index (Phi) is 32.6. The summed E-state index contributed by atoms with van der Waals surface area (Å²) in [5.74, 6) is 1.15. The standard InChI is InChI=1S/C19H33N3O.C19H31N3.C18H29N3.C18H28N2.C17H25F3N4.C17H29N3/c1-18(2,3)22-11-8-19(9-12-22)6-4-17(5-7-19)23-15-14-21-13-10-20-16-21;1-15-12-17(13-16(2)20-15)21-9-6-19(7-10-21)8-11-22(14-19)18(3,4)5;1-15-13-16(5-9-19-15)20-10-6-18(7-11-20)8-12-21(14-18)17(2,3)4;1-17(2,3)20-12-10-18(14-20)8-6-15(7-9-18)16-5-4-11-19-13-16;1-15(2,3)24-9-6-16(12-24)4-7-23(8-5-16)14-21-10-13(11-22-14)17(18,19)20;1-16(2,3)20-11-8-17(9-12-20)6-4-15(5-7-17)19-13-10-18-14-19/h10,13,16-17H,4-9,11-12,14-15H2,1-3H3;12-13H,6-11,14H2,1-5H3;5,9,13H,6-8,10-12,14H2,1-4H3;4-5,11,13,15H,6-10,12,14H2,1-3H3;10-11H,4-9,12H2,1-3H3;10,13-15H,4-9,11-12H2,1-3H3. The predicted octanol–water partition coefficient (Wildman–Crippen LogP) is 22.7. The van der Waals surface area contributed by atoms with E-state index in [1.807, 2.05) is 48.5 Å². The Morgan fingerprint density at radius 1 is 0.362 bits per heavy atom. The number of pyridine rings is 3. The van der Waals surface area contributed by atoms with Gasteiger partial charge in [-0.1, -0.05) is 6.07 Å². The third-order valence-electron chi connectivity index (χ3n) is 33.9. The van der Waals surface area contributed by atoms with Crippen molar-refractivity contribution < 1.29 is 17.9 Å². The van der Waals surface area contributed by atoms with Gasteiger partial charge >= 0.3 is 6.18 Å². The highest BCUT2D eigenvalue weighted by Gasteiger charge is 2.50. The van der Waals surface area contributed by atoms with E-state index in [2.05, 4.69) is 277 Å². The molecule has 0 bridgehead atoms. The molecular weight excluding hydrogens is 1620 g/mol. The second-order valence-corrected chi connectivity index (χ2v) is 48.9. The maximum absolute atomic E-state index is 12.6. The second kappa shape index (κ2) is 41.8. The van der Waals surface area contributed by atoms with E-state index in [0.717, 1.165) is 87.6 Å². The van der Waals surface area contributed by atoms with Crippen LogP contribution >= 0.6 is 0 Å². The molecule has 9 aliphatic heterocycles. The molecule has 3 saturated carbocycles. The van der Waals surface area contributed by atoms with Gasteiger partial charge in [-0.15, -0.1) is 0 Å². The normalized spacial score (nSPS) is 23.4. The lowest BCUT2D eigenvalue weighted by atomic mass is 9.66. The summed E-state index contributed by atoms with van der Waals surface area (Å²) in [4.78, 5) is 52.2. The van der Waals surface area contributed by atoms with E-state index in [-0.39, 0.29) is 5.54 Å². The molecule has 0 atom stereocenters. The molecule has 12 fully saturated rings. The number of hydrogen-bond donors (Lipinski definition) is 0. The van der Waals surface area contributed by atoms with Gasteiger partial charge in [0.1, 0.15) is 0 Å². The highest BCUT2D eigenvalue weighted by molar-refractivity contribution is 5.49. The fraction of sp³-hybridized carbons (Fsp3) is 0.769. The van der Waals surface area contributed by atoms with Crippen LogP contribution in [0, 0.1) is 53.3 Å². The first-order valence-electron chi connectivity index (χ1n) is 51.2. The Morgan fingerprint density at radius 3 is 1.12 bits per heavy atom. The Balaban J connectivity index is 0.000000133. The molecule has 6 spiro atoms. The van der Waals surface area contributed by atoms with Crippen molar-refractivity contribution in [3.63, 3.8) is 0 Å². The number of ether oxygens (including phenoxy) is 1. The van der Waals surface area contributed by atoms with Crippen LogP contribution in [0.2, 0.25) is 0 Å². The van der Waals surface area contributed by atoms with Crippen molar-refractivity contribution >= 4 is 17.3 Å². The number of hydrogen-bond acceptors (Lipinski definition) is 17. The number of imidazole rings is 2. The second-order valence-electron chi connectivity index (χ2n) is 48.9. The fourth-order valence-electron chi connectivity index (χ4n) is 24.3. The molecule has 724 valence electrons. The quantitative estimate of drug-likeness (QED) is 0.136. The number of aryl methyl sites for hydroxylation is 3. The van der Waals surface area contributed by atoms with Gasteiger partial charge in [0.2, 0.25) is 5.95 Å². The van der Waals surface area contributed by atoms with Gasteiger partial charge in [-0.2, -0.15) is 13.2 Å². The van der Waals surface area contributed by atoms with Gasteiger partial charge in [-0.25, -0.2) is 19.9 Å². The Labute approximate surface area is 785 Å². The highest BCUT2D eigenvalue weighted by atomic mass is 19.4. The van der Waals surface area contributed by atoms with Crippen LogP contribution in [0.15, 0.2) is 105 Å². The molecule has 0 amide bonds. The summed E-state index contributed by atoms with van der Waals surface area (Å²) in [6.45, 7) is 71.5. The van der Waals surface area contributed by atoms with Crippen molar-refractivity contribution in [2.75, 3.05) is 139 Å². The van der Waals surface area contributed by atoms with Crippen LogP contribution < -0.4 is 14.7 Å². The van der Waals surface area contributed by atoms with Gasteiger partial charge < -0.3 is 28.6 Å². The molecule has 18 rings (SSSR count). The minimum absolute atomic E-state index is 0.192. The van der Waals surface area contributed by atoms with Crippen molar-refractivity contribution in [2.45, 2.75) is 376 Å². The van der Waals surface area contributed by atoms with E-state index < -0.39 is 11.7 Å². The monoisotopic (exact) mass is 1800 g/mol. The van der Waals surface area contributed by atoms with Crippen LogP contribution in [0.1, 0.15) is 332 Å². The molecular formula is C108H175F3N18O. The minimum Gasteiger partial charge on any atom is -0.376 e. The SMILES string of the molecule is CC(C)(C)N1CCC2(CCC(OCCn3ccnc3)CC2)CC1.CC(C)(C)N1CCC2(CCC(c3cccnc3)CC2)C1.CC(C)(C)N1CCC2(CCC(n3ccnc3)CC2)CC1.CC(C)(C)N1CCC2(CCN(c3ncc(C(F)(F)F)cn3)CC2)C1.Cc1cc(N2CCC3(CC2)CCN(C(C)(C)C)C3)cc(C)n1.Cc1cc(N2CCC3(CC2)CCN(C(C)(C)C)C3)ccn1.